The summed E-state index contributed by atoms with van der Waals surface area (Å²) in [5.74, 6) is -4.32. The van der Waals surface area contributed by atoms with Crippen LogP contribution in [-0.2, 0) is 19.4 Å². The van der Waals surface area contributed by atoms with Gasteiger partial charge in [-0.3, -0.25) is 9.59 Å². The normalized spacial score (nSPS) is 24.3. The van der Waals surface area contributed by atoms with Crippen LogP contribution in [-0.4, -0.2) is 62.0 Å². The molecule has 2 bridgehead atoms. The van der Waals surface area contributed by atoms with Gasteiger partial charge < -0.3 is 25.8 Å². The molecule has 0 heterocycles. The topological polar surface area (TPSA) is 151 Å². The minimum Gasteiger partial charge on any atom is -0.453 e. The molecule has 3 fully saturated rings. The molecule has 216 valence electrons. The number of aliphatic hydroxyl groups is 1. The molecule has 0 radical (unpaired) electrons. The summed E-state index contributed by atoms with van der Waals surface area (Å²) in [5, 5.41) is 17.6. The van der Waals surface area contributed by atoms with E-state index in [9.17, 15) is 36.7 Å². The van der Waals surface area contributed by atoms with Gasteiger partial charge in [-0.15, -0.1) is 0 Å². The van der Waals surface area contributed by atoms with Crippen molar-refractivity contribution in [2.75, 3.05) is 19.0 Å². The second-order valence-electron chi connectivity index (χ2n) is 10.1. The molecule has 3 atom stereocenters. The van der Waals surface area contributed by atoms with Gasteiger partial charge in [-0.05, 0) is 68.4 Å². The predicted octanol–water partition coefficient (Wildman–Crippen LogP) is 3.03. The van der Waals surface area contributed by atoms with E-state index in [1.54, 1.807) is 0 Å². The minimum absolute atomic E-state index is 0.0162. The number of carbonyl (C=O) groups is 3. The highest BCUT2D eigenvalue weighted by atomic mass is 35.5. The number of halogens is 3. The van der Waals surface area contributed by atoms with E-state index in [0.717, 1.165) is 31.4 Å². The number of hydrogen-bond acceptors (Lipinski definition) is 7. The molecule has 0 saturated heterocycles. The smallest absolute Gasteiger partial charge is 0.407 e. The molecule has 0 spiro atoms. The molecule has 3 amide bonds. The number of carbonyl (C=O) groups excluding carboxylic acids is 3. The number of benzene rings is 2. The molecule has 0 aromatic heterocycles. The maximum atomic E-state index is 13.6. The Balaban J connectivity index is 1.43. The van der Waals surface area contributed by atoms with Crippen LogP contribution >= 0.6 is 11.6 Å². The Labute approximate surface area is 234 Å². The Bertz CT molecular complexity index is 1440. The molecule has 5 rings (SSSR count). The first-order valence-corrected chi connectivity index (χ1v) is 14.3. The first kappa shape index (κ1) is 29.7. The number of rotatable bonds is 8. The van der Waals surface area contributed by atoms with Gasteiger partial charge in [-0.25, -0.2) is 22.0 Å². The Morgan fingerprint density at radius 1 is 1.10 bits per heavy atom. The third kappa shape index (κ3) is 5.77. The van der Waals surface area contributed by atoms with Crippen molar-refractivity contribution in [3.8, 4) is 0 Å². The number of sulfone groups is 1. The van der Waals surface area contributed by atoms with E-state index in [2.05, 4.69) is 20.7 Å². The van der Waals surface area contributed by atoms with Gasteiger partial charge in [0.2, 0.25) is 5.91 Å². The number of nitrogens with one attached hydrogen (secondary N) is 3. The monoisotopic (exact) mass is 599 g/mol. The highest BCUT2D eigenvalue weighted by Gasteiger charge is 2.60. The summed E-state index contributed by atoms with van der Waals surface area (Å²) >= 11 is 6.23. The fraction of sp³-hybridized carbons (Fsp3) is 0.423. The molecule has 10 nitrogen and oxygen atoms in total. The molecule has 4 N–H and O–H groups in total. The first-order valence-electron chi connectivity index (χ1n) is 12.4. The van der Waals surface area contributed by atoms with E-state index in [4.69, 9.17) is 11.6 Å². The molecule has 40 heavy (non-hydrogen) atoms. The standard InChI is InChI=1S/C26H28ClF2N3O7S/c1-13(31-25(35)39-2)23(33)30-12-26(36)15-8-16(26)10-18(9-15)40(37,38)22-7-14(3-5-19(22)27)24(34)32-17-4-6-20(28)21(29)11-17/h3-7,11,13,15-16,18,36H,8-10,12H2,1-2H3,(H,30,33)(H,31,35)(H,32,34)/t13-,15?,16?,18?,26?/m0/s1. The number of ether oxygens (including phenoxy) is 1. The zero-order valence-electron chi connectivity index (χ0n) is 21.5. The second kappa shape index (κ2) is 11.3. The molecule has 2 unspecified atom stereocenters. The van der Waals surface area contributed by atoms with Crippen molar-refractivity contribution in [2.45, 2.75) is 48.0 Å². The van der Waals surface area contributed by atoms with Crippen LogP contribution in [0, 0.1) is 23.5 Å². The quantitative estimate of drug-likeness (QED) is 0.364. The molecule has 0 aliphatic heterocycles. The summed E-state index contributed by atoms with van der Waals surface area (Å²) in [4.78, 5) is 36.1. The maximum Gasteiger partial charge on any atom is 0.407 e. The lowest BCUT2D eigenvalue weighted by molar-refractivity contribution is -0.174. The van der Waals surface area contributed by atoms with Crippen molar-refractivity contribution >= 4 is 45.0 Å². The van der Waals surface area contributed by atoms with Crippen molar-refractivity contribution in [1.82, 2.24) is 10.6 Å². The van der Waals surface area contributed by atoms with E-state index < -0.39 is 68.1 Å². The number of amides is 3. The third-order valence-corrected chi connectivity index (χ3v) is 10.3. The number of methoxy groups -OCH3 is 1. The van der Waals surface area contributed by atoms with Gasteiger partial charge in [0.1, 0.15) is 6.04 Å². The summed E-state index contributed by atoms with van der Waals surface area (Å²) in [6.07, 6.45) is 0.0316. The van der Waals surface area contributed by atoms with Crippen LogP contribution in [0.1, 0.15) is 36.5 Å². The number of anilines is 1. The molecule has 2 aromatic rings. The molecule has 3 aliphatic rings. The number of alkyl carbamates (subject to hydrolysis) is 1. The zero-order valence-corrected chi connectivity index (χ0v) is 23.1. The highest BCUT2D eigenvalue weighted by molar-refractivity contribution is 7.92. The van der Waals surface area contributed by atoms with Gasteiger partial charge in [-0.2, -0.15) is 0 Å². The number of hydrogen-bond donors (Lipinski definition) is 4. The SMILES string of the molecule is COC(=O)N[C@@H](C)C(=O)NCC1(O)C2CC1CC(S(=O)(=O)c1cc(C(=O)Nc3ccc(F)c(F)c3)ccc1Cl)C2. The first-order chi connectivity index (χ1) is 18.8. The summed E-state index contributed by atoms with van der Waals surface area (Å²) in [6.45, 7) is 1.35. The Hall–Kier alpha value is -3.29. The highest BCUT2D eigenvalue weighted by Crippen LogP contribution is 2.55. The molecule has 2 aromatic carbocycles. The van der Waals surface area contributed by atoms with E-state index >= 15 is 0 Å². The second-order valence-corrected chi connectivity index (χ2v) is 12.7. The molecule has 14 heteroatoms. The van der Waals surface area contributed by atoms with Crippen LogP contribution < -0.4 is 16.0 Å². The van der Waals surface area contributed by atoms with E-state index in [1.165, 1.54) is 19.1 Å². The Kier molecular flexibility index (Phi) is 8.38. The van der Waals surface area contributed by atoms with E-state index in [-0.39, 0.29) is 40.6 Å². The van der Waals surface area contributed by atoms with Crippen LogP contribution in [0.25, 0.3) is 0 Å². The average molecular weight is 600 g/mol. The minimum atomic E-state index is -4.03. The third-order valence-electron chi connectivity index (χ3n) is 7.65. The van der Waals surface area contributed by atoms with Crippen LogP contribution in [0.2, 0.25) is 5.02 Å². The van der Waals surface area contributed by atoms with Crippen molar-refractivity contribution in [2.24, 2.45) is 11.8 Å². The van der Waals surface area contributed by atoms with Crippen LogP contribution in [0.4, 0.5) is 19.3 Å². The van der Waals surface area contributed by atoms with Gasteiger partial charge >= 0.3 is 6.09 Å². The van der Waals surface area contributed by atoms with Gasteiger partial charge in [0.15, 0.2) is 21.5 Å². The average Bonchev–Trinajstić information content (AvgIpc) is 2.93. The lowest BCUT2D eigenvalue weighted by Crippen LogP contribution is -2.66. The molecule has 3 aliphatic carbocycles. The van der Waals surface area contributed by atoms with Crippen LogP contribution in [0.3, 0.4) is 0 Å². The van der Waals surface area contributed by atoms with Gasteiger partial charge in [0.05, 0.1) is 27.9 Å². The van der Waals surface area contributed by atoms with Gasteiger partial charge in [-0.1, -0.05) is 11.6 Å². The lowest BCUT2D eigenvalue weighted by atomic mass is 9.53. The van der Waals surface area contributed by atoms with Crippen molar-refractivity contribution in [3.63, 3.8) is 0 Å². The fourth-order valence-electron chi connectivity index (χ4n) is 5.30. The van der Waals surface area contributed by atoms with E-state index in [1.807, 2.05) is 0 Å². The Morgan fingerprint density at radius 2 is 1.77 bits per heavy atom. The summed E-state index contributed by atoms with van der Waals surface area (Å²) < 4.78 is 58.3. The van der Waals surface area contributed by atoms with Crippen molar-refractivity contribution < 1.29 is 41.4 Å². The predicted molar refractivity (Wildman–Crippen MR) is 141 cm³/mol. The van der Waals surface area contributed by atoms with Crippen LogP contribution in [0.15, 0.2) is 41.3 Å². The van der Waals surface area contributed by atoms with Gasteiger partial charge in [0.25, 0.3) is 5.91 Å². The number of fused-ring (bicyclic) bond motifs is 2. The van der Waals surface area contributed by atoms with Crippen LogP contribution in [0.5, 0.6) is 0 Å². The molecule has 3 saturated carbocycles. The van der Waals surface area contributed by atoms with Crippen molar-refractivity contribution in [3.05, 3.63) is 58.6 Å². The summed E-state index contributed by atoms with van der Waals surface area (Å²) in [5.41, 5.74) is -1.37. The Morgan fingerprint density at radius 3 is 2.40 bits per heavy atom. The van der Waals surface area contributed by atoms with E-state index in [0.29, 0.717) is 6.42 Å². The van der Waals surface area contributed by atoms with Gasteiger partial charge in [0, 0.05) is 23.9 Å². The summed E-state index contributed by atoms with van der Waals surface area (Å²) in [7, 11) is -2.87. The lowest BCUT2D eigenvalue weighted by Gasteiger charge is -2.58. The maximum absolute atomic E-state index is 13.6. The molecular formula is C26H28ClF2N3O7S. The molecular weight excluding hydrogens is 572 g/mol. The largest absolute Gasteiger partial charge is 0.453 e. The van der Waals surface area contributed by atoms with Crippen molar-refractivity contribution in [1.29, 1.82) is 0 Å². The fourth-order valence-corrected chi connectivity index (χ4v) is 7.70. The zero-order chi connectivity index (χ0) is 29.4. The summed E-state index contributed by atoms with van der Waals surface area (Å²) in [6, 6.07) is 5.63.